The summed E-state index contributed by atoms with van der Waals surface area (Å²) >= 11 is 0. The van der Waals surface area contributed by atoms with Crippen LogP contribution in [-0.4, -0.2) is 31.3 Å². The Hall–Kier alpha value is -2.96. The maximum Gasteiger partial charge on any atom is 0.247 e. The molecule has 1 aromatic carbocycles. The Morgan fingerprint density at radius 1 is 1.20 bits per heavy atom. The van der Waals surface area contributed by atoms with E-state index in [1.54, 1.807) is 12.3 Å². The molecule has 128 valence electrons. The molecule has 3 aromatic rings. The molecule has 7 nitrogen and oxygen atoms in total. The lowest BCUT2D eigenvalue weighted by atomic mass is 10.2. The van der Waals surface area contributed by atoms with Crippen LogP contribution in [0.25, 0.3) is 10.9 Å². The molecule has 0 radical (unpaired) electrons. The van der Waals surface area contributed by atoms with Gasteiger partial charge in [0, 0.05) is 25.1 Å². The van der Waals surface area contributed by atoms with Crippen LogP contribution in [0.3, 0.4) is 0 Å². The molecule has 0 unspecified atom stereocenters. The number of ketones is 1. The van der Waals surface area contributed by atoms with E-state index in [0.717, 1.165) is 17.4 Å². The molecule has 1 amide bonds. The fraction of sp³-hybridized carbons (Fsp3) is 0.333. The van der Waals surface area contributed by atoms with Crippen molar-refractivity contribution in [3.63, 3.8) is 0 Å². The molecule has 2 heterocycles. The van der Waals surface area contributed by atoms with Crippen molar-refractivity contribution in [1.82, 2.24) is 19.6 Å². The summed E-state index contributed by atoms with van der Waals surface area (Å²) < 4.78 is 3.43. The first-order valence-electron chi connectivity index (χ1n) is 8.40. The molecule has 1 fully saturated rings. The standard InChI is InChI=1S/C18H19N5O2/c1-12(24)15-8-9-22(20-15)11-17(25)19-18-14-4-2-3-5-16(14)23(21-18)10-13-6-7-13/h2-5,8-9,13H,6-7,10-11H2,1H3,(H,19,21,25). The highest BCUT2D eigenvalue weighted by molar-refractivity contribution is 5.99. The predicted octanol–water partition coefficient (Wildman–Crippen LogP) is 2.48. The van der Waals surface area contributed by atoms with Gasteiger partial charge >= 0.3 is 0 Å². The van der Waals surface area contributed by atoms with Gasteiger partial charge in [-0.25, -0.2) is 0 Å². The van der Waals surface area contributed by atoms with Crippen LogP contribution in [0.4, 0.5) is 5.82 Å². The number of aromatic nitrogens is 4. The monoisotopic (exact) mass is 337 g/mol. The Morgan fingerprint density at radius 2 is 2.00 bits per heavy atom. The van der Waals surface area contributed by atoms with Gasteiger partial charge in [0.05, 0.1) is 5.52 Å². The number of rotatable bonds is 6. The van der Waals surface area contributed by atoms with Gasteiger partial charge in [-0.1, -0.05) is 12.1 Å². The van der Waals surface area contributed by atoms with Crippen LogP contribution >= 0.6 is 0 Å². The van der Waals surface area contributed by atoms with Crippen LogP contribution in [0.2, 0.25) is 0 Å². The van der Waals surface area contributed by atoms with Crippen molar-refractivity contribution in [2.45, 2.75) is 32.9 Å². The van der Waals surface area contributed by atoms with Crippen molar-refractivity contribution >= 4 is 28.4 Å². The number of hydrogen-bond acceptors (Lipinski definition) is 4. The summed E-state index contributed by atoms with van der Waals surface area (Å²) in [5.41, 5.74) is 1.38. The van der Waals surface area contributed by atoms with E-state index in [2.05, 4.69) is 15.5 Å². The zero-order chi connectivity index (χ0) is 17.4. The topological polar surface area (TPSA) is 81.8 Å². The minimum Gasteiger partial charge on any atom is -0.307 e. The largest absolute Gasteiger partial charge is 0.307 e. The summed E-state index contributed by atoms with van der Waals surface area (Å²) in [6, 6.07) is 9.51. The second-order valence-corrected chi connectivity index (χ2v) is 6.49. The van der Waals surface area contributed by atoms with Crippen molar-refractivity contribution in [1.29, 1.82) is 0 Å². The zero-order valence-electron chi connectivity index (χ0n) is 14.0. The van der Waals surface area contributed by atoms with Gasteiger partial charge in [-0.2, -0.15) is 10.2 Å². The lowest BCUT2D eigenvalue weighted by Gasteiger charge is -2.03. The fourth-order valence-electron chi connectivity index (χ4n) is 2.86. The number of nitrogens with zero attached hydrogens (tertiary/aromatic N) is 4. The van der Waals surface area contributed by atoms with Crippen LogP contribution in [0.15, 0.2) is 36.5 Å². The Kier molecular flexibility index (Phi) is 3.83. The van der Waals surface area contributed by atoms with Gasteiger partial charge in [0.2, 0.25) is 5.91 Å². The number of hydrogen-bond donors (Lipinski definition) is 1. The summed E-state index contributed by atoms with van der Waals surface area (Å²) in [6.07, 6.45) is 4.11. The van der Waals surface area contributed by atoms with E-state index in [1.807, 2.05) is 28.9 Å². The van der Waals surface area contributed by atoms with Gasteiger partial charge in [-0.3, -0.25) is 19.0 Å². The van der Waals surface area contributed by atoms with Crippen molar-refractivity contribution in [3.8, 4) is 0 Å². The number of anilines is 1. The molecule has 0 saturated heterocycles. The SMILES string of the molecule is CC(=O)c1ccn(CC(=O)Nc2nn(CC3CC3)c3ccccc23)n1. The van der Waals surface area contributed by atoms with Gasteiger partial charge in [-0.15, -0.1) is 0 Å². The third kappa shape index (κ3) is 3.31. The summed E-state index contributed by atoms with van der Waals surface area (Å²) in [5, 5.41) is 12.5. The van der Waals surface area contributed by atoms with Crippen LogP contribution in [0.1, 0.15) is 30.3 Å². The molecule has 0 spiro atoms. The highest BCUT2D eigenvalue weighted by atomic mass is 16.2. The molecular weight excluding hydrogens is 318 g/mol. The zero-order valence-corrected chi connectivity index (χ0v) is 14.0. The first-order chi connectivity index (χ1) is 12.1. The van der Waals surface area contributed by atoms with Gasteiger partial charge in [0.25, 0.3) is 0 Å². The first kappa shape index (κ1) is 15.6. The molecule has 2 aromatic heterocycles. The maximum atomic E-state index is 12.3. The van der Waals surface area contributed by atoms with Crippen molar-refractivity contribution in [3.05, 3.63) is 42.2 Å². The van der Waals surface area contributed by atoms with E-state index in [9.17, 15) is 9.59 Å². The summed E-state index contributed by atoms with van der Waals surface area (Å²) in [5.74, 6) is 0.921. The molecule has 1 N–H and O–H groups in total. The Labute approximate surface area is 144 Å². The predicted molar refractivity (Wildman–Crippen MR) is 93.3 cm³/mol. The molecule has 0 atom stereocenters. The number of benzene rings is 1. The molecule has 1 saturated carbocycles. The summed E-state index contributed by atoms with van der Waals surface area (Å²) in [6.45, 7) is 2.37. The number of carbonyl (C=O) groups is 2. The van der Waals surface area contributed by atoms with E-state index in [0.29, 0.717) is 17.4 Å². The quantitative estimate of drug-likeness (QED) is 0.701. The molecule has 25 heavy (non-hydrogen) atoms. The van der Waals surface area contributed by atoms with Gasteiger partial charge in [0.15, 0.2) is 11.6 Å². The third-order valence-electron chi connectivity index (χ3n) is 4.35. The molecule has 0 bridgehead atoms. The van der Waals surface area contributed by atoms with E-state index in [-0.39, 0.29) is 18.2 Å². The summed E-state index contributed by atoms with van der Waals surface area (Å²) in [7, 11) is 0. The molecular formula is C18H19N5O2. The lowest BCUT2D eigenvalue weighted by molar-refractivity contribution is -0.116. The average molecular weight is 337 g/mol. The van der Waals surface area contributed by atoms with Gasteiger partial charge in [0.1, 0.15) is 12.2 Å². The van der Waals surface area contributed by atoms with Crippen molar-refractivity contribution < 1.29 is 9.59 Å². The Morgan fingerprint density at radius 3 is 2.72 bits per heavy atom. The minimum absolute atomic E-state index is 0.0388. The second-order valence-electron chi connectivity index (χ2n) is 6.49. The molecule has 4 rings (SSSR count). The number of nitrogens with one attached hydrogen (secondary N) is 1. The highest BCUT2D eigenvalue weighted by Gasteiger charge is 2.24. The van der Waals surface area contributed by atoms with E-state index in [1.165, 1.54) is 24.4 Å². The highest BCUT2D eigenvalue weighted by Crippen LogP contribution is 2.32. The van der Waals surface area contributed by atoms with E-state index < -0.39 is 0 Å². The number of fused-ring (bicyclic) bond motifs is 1. The normalized spacial score (nSPS) is 14.0. The van der Waals surface area contributed by atoms with Crippen LogP contribution < -0.4 is 5.32 Å². The number of para-hydroxylation sites is 1. The Bertz CT molecular complexity index is 951. The van der Waals surface area contributed by atoms with E-state index in [4.69, 9.17) is 0 Å². The third-order valence-corrected chi connectivity index (χ3v) is 4.35. The lowest BCUT2D eigenvalue weighted by Crippen LogP contribution is -2.20. The molecule has 0 aliphatic heterocycles. The minimum atomic E-state index is -0.222. The molecule has 1 aliphatic rings. The maximum absolute atomic E-state index is 12.3. The molecule has 1 aliphatic carbocycles. The van der Waals surface area contributed by atoms with Crippen LogP contribution in [-0.2, 0) is 17.9 Å². The molecule has 7 heteroatoms. The smallest absolute Gasteiger partial charge is 0.247 e. The number of carbonyl (C=O) groups excluding carboxylic acids is 2. The second kappa shape index (κ2) is 6.16. The van der Waals surface area contributed by atoms with Crippen molar-refractivity contribution in [2.24, 2.45) is 5.92 Å². The average Bonchev–Trinajstić information content (AvgIpc) is 3.17. The summed E-state index contributed by atoms with van der Waals surface area (Å²) in [4.78, 5) is 23.6. The first-order valence-corrected chi connectivity index (χ1v) is 8.40. The van der Waals surface area contributed by atoms with Crippen LogP contribution in [0, 0.1) is 5.92 Å². The number of Topliss-reactive ketones (excluding diaryl/α,β-unsaturated/α-hetero) is 1. The van der Waals surface area contributed by atoms with Gasteiger partial charge in [-0.05, 0) is 37.0 Å². The van der Waals surface area contributed by atoms with Crippen LogP contribution in [0.5, 0.6) is 0 Å². The van der Waals surface area contributed by atoms with E-state index >= 15 is 0 Å². The van der Waals surface area contributed by atoms with Gasteiger partial charge < -0.3 is 5.32 Å². The fourth-order valence-corrected chi connectivity index (χ4v) is 2.86. The number of amides is 1. The van der Waals surface area contributed by atoms with Crippen molar-refractivity contribution in [2.75, 3.05) is 5.32 Å². The Balaban J connectivity index is 1.53.